The predicted octanol–water partition coefficient (Wildman–Crippen LogP) is 9.08. The first-order valence-electron chi connectivity index (χ1n) is 13.5. The summed E-state index contributed by atoms with van der Waals surface area (Å²) in [5, 5.41) is 11.7. The van der Waals surface area contributed by atoms with Crippen LogP contribution >= 0.6 is 0 Å². The lowest BCUT2D eigenvalue weighted by molar-refractivity contribution is 0.660. The molecular formula is C36H25N3O. The highest BCUT2D eigenvalue weighted by molar-refractivity contribution is 6.13. The summed E-state index contributed by atoms with van der Waals surface area (Å²) < 4.78 is 8.57. The van der Waals surface area contributed by atoms with E-state index in [4.69, 9.17) is 9.40 Å². The van der Waals surface area contributed by atoms with Crippen molar-refractivity contribution in [3.05, 3.63) is 120 Å². The second kappa shape index (κ2) is 7.94. The average molecular weight is 516 g/mol. The Morgan fingerprint density at radius 2 is 1.57 bits per heavy atom. The Hall–Kier alpha value is -5.14. The molecule has 4 nitrogen and oxygen atoms in total. The van der Waals surface area contributed by atoms with Gasteiger partial charge in [0.25, 0.3) is 0 Å². The maximum atomic E-state index is 9.50. The van der Waals surface area contributed by atoms with E-state index in [2.05, 4.69) is 97.3 Å². The van der Waals surface area contributed by atoms with Crippen molar-refractivity contribution in [3.8, 4) is 34.0 Å². The third-order valence-corrected chi connectivity index (χ3v) is 8.58. The van der Waals surface area contributed by atoms with Crippen LogP contribution in [0.25, 0.3) is 60.9 Å². The Labute approximate surface area is 231 Å². The van der Waals surface area contributed by atoms with E-state index in [1.165, 1.54) is 22.3 Å². The second-order valence-electron chi connectivity index (χ2n) is 11.2. The summed E-state index contributed by atoms with van der Waals surface area (Å²) in [5.74, 6) is 0.952. The van der Waals surface area contributed by atoms with E-state index < -0.39 is 0 Å². The lowest BCUT2D eigenvalue weighted by atomic mass is 9.81. The Bertz CT molecular complexity index is 2220. The minimum absolute atomic E-state index is 0.201. The second-order valence-corrected chi connectivity index (χ2v) is 11.2. The number of benzene rings is 5. The topological polar surface area (TPSA) is 54.8 Å². The van der Waals surface area contributed by atoms with E-state index in [0.29, 0.717) is 5.56 Å². The number of nitriles is 1. The van der Waals surface area contributed by atoms with E-state index in [1.54, 1.807) is 0 Å². The molecule has 0 N–H and O–H groups in total. The maximum Gasteiger partial charge on any atom is 0.136 e. The molecule has 40 heavy (non-hydrogen) atoms. The van der Waals surface area contributed by atoms with Gasteiger partial charge in [0.1, 0.15) is 17.0 Å². The van der Waals surface area contributed by atoms with Gasteiger partial charge in [0.05, 0.1) is 22.7 Å². The number of aromatic nitrogens is 2. The molecule has 4 heteroatoms. The molecule has 8 rings (SSSR count). The number of para-hydroxylation sites is 2. The van der Waals surface area contributed by atoms with Gasteiger partial charge in [-0.1, -0.05) is 56.3 Å². The molecule has 0 saturated carbocycles. The monoisotopic (exact) mass is 515 g/mol. The van der Waals surface area contributed by atoms with Crippen molar-refractivity contribution in [3.63, 3.8) is 0 Å². The summed E-state index contributed by atoms with van der Waals surface area (Å²) in [6.07, 6.45) is 0. The largest absolute Gasteiger partial charge is 0.456 e. The zero-order valence-corrected chi connectivity index (χ0v) is 22.5. The fraction of sp³-hybridized carbons (Fsp3) is 0.111. The summed E-state index contributed by atoms with van der Waals surface area (Å²) in [4.78, 5) is 4.78. The molecule has 0 aliphatic heterocycles. The van der Waals surface area contributed by atoms with Crippen LogP contribution in [0.5, 0.6) is 0 Å². The van der Waals surface area contributed by atoms with Crippen molar-refractivity contribution in [1.29, 1.82) is 5.26 Å². The van der Waals surface area contributed by atoms with Crippen LogP contribution in [0.15, 0.2) is 101 Å². The summed E-state index contributed by atoms with van der Waals surface area (Å²) in [6, 6.07) is 36.1. The van der Waals surface area contributed by atoms with Crippen molar-refractivity contribution in [2.24, 2.45) is 0 Å². The van der Waals surface area contributed by atoms with Gasteiger partial charge in [-0.3, -0.25) is 4.57 Å². The Morgan fingerprint density at radius 3 is 2.42 bits per heavy atom. The molecule has 1 aliphatic carbocycles. The molecule has 0 spiro atoms. The van der Waals surface area contributed by atoms with Crippen LogP contribution in [0.3, 0.4) is 0 Å². The molecule has 2 heterocycles. The third-order valence-electron chi connectivity index (χ3n) is 8.58. The highest BCUT2D eigenvalue weighted by Gasteiger charge is 2.36. The van der Waals surface area contributed by atoms with Gasteiger partial charge in [-0.15, -0.1) is 0 Å². The smallest absolute Gasteiger partial charge is 0.136 e. The SMILES string of the molecule is Cc1nc2ccccc2n1-c1ccc2oc3cccc(-c4ccc5c(c4)C(C)(C)c4cc(C#N)ccc4-5)c3c2c1. The molecule has 0 radical (unpaired) electrons. The number of hydrogen-bond donors (Lipinski definition) is 0. The number of rotatable bonds is 2. The van der Waals surface area contributed by atoms with Crippen LogP contribution in [-0.4, -0.2) is 9.55 Å². The highest BCUT2D eigenvalue weighted by Crippen LogP contribution is 2.50. The van der Waals surface area contributed by atoms with Gasteiger partial charge >= 0.3 is 0 Å². The van der Waals surface area contributed by atoms with Crippen molar-refractivity contribution >= 4 is 33.0 Å². The standard InChI is InChI=1S/C36H25N3O/c1-21-38-31-8-4-5-9-32(31)39(21)24-13-16-33-28(19-24)35-25(7-6-10-34(35)40-33)23-12-15-27-26-14-11-22(20-37)17-29(26)36(2,3)30(27)18-23/h4-19H,1-3H3. The van der Waals surface area contributed by atoms with E-state index in [9.17, 15) is 5.26 Å². The Balaban J connectivity index is 1.34. The number of fused-ring (bicyclic) bond motifs is 7. The molecule has 0 saturated heterocycles. The number of nitrogens with zero attached hydrogens (tertiary/aromatic N) is 3. The Kier molecular flexibility index (Phi) is 4.53. The molecule has 0 unspecified atom stereocenters. The van der Waals surface area contributed by atoms with Gasteiger partial charge in [-0.25, -0.2) is 4.98 Å². The number of imidazole rings is 1. The van der Waals surface area contributed by atoms with Crippen LogP contribution in [0, 0.1) is 18.3 Å². The first-order valence-corrected chi connectivity index (χ1v) is 13.5. The molecule has 0 amide bonds. The molecule has 5 aromatic carbocycles. The van der Waals surface area contributed by atoms with Crippen molar-refractivity contribution < 1.29 is 4.42 Å². The molecule has 0 fully saturated rings. The van der Waals surface area contributed by atoms with E-state index in [0.717, 1.165) is 55.6 Å². The van der Waals surface area contributed by atoms with Crippen LogP contribution < -0.4 is 0 Å². The van der Waals surface area contributed by atoms with Crippen molar-refractivity contribution in [2.75, 3.05) is 0 Å². The summed E-state index contributed by atoms with van der Waals surface area (Å²) in [6.45, 7) is 6.55. The lowest BCUT2D eigenvalue weighted by Crippen LogP contribution is -2.15. The van der Waals surface area contributed by atoms with Gasteiger partial charge in [0, 0.05) is 21.9 Å². The molecule has 2 aromatic heterocycles. The fourth-order valence-electron chi connectivity index (χ4n) is 6.64. The number of furan rings is 1. The van der Waals surface area contributed by atoms with Crippen LogP contribution in [0.2, 0.25) is 0 Å². The number of aryl methyl sites for hydroxylation is 1. The molecule has 0 atom stereocenters. The molecule has 1 aliphatic rings. The van der Waals surface area contributed by atoms with Crippen LogP contribution in [-0.2, 0) is 5.41 Å². The van der Waals surface area contributed by atoms with E-state index in [1.807, 2.05) is 31.2 Å². The van der Waals surface area contributed by atoms with Gasteiger partial charge in [0.15, 0.2) is 0 Å². The minimum atomic E-state index is -0.201. The summed E-state index contributed by atoms with van der Waals surface area (Å²) in [5.41, 5.74) is 12.6. The molecule has 0 bridgehead atoms. The first kappa shape index (κ1) is 22.8. The fourth-order valence-corrected chi connectivity index (χ4v) is 6.64. The van der Waals surface area contributed by atoms with Crippen molar-refractivity contribution in [2.45, 2.75) is 26.2 Å². The summed E-state index contributed by atoms with van der Waals surface area (Å²) in [7, 11) is 0. The van der Waals surface area contributed by atoms with E-state index >= 15 is 0 Å². The zero-order chi connectivity index (χ0) is 27.2. The van der Waals surface area contributed by atoms with Gasteiger partial charge in [-0.2, -0.15) is 5.26 Å². The highest BCUT2D eigenvalue weighted by atomic mass is 16.3. The average Bonchev–Trinajstić information content (AvgIpc) is 3.59. The number of hydrogen-bond acceptors (Lipinski definition) is 3. The quantitative estimate of drug-likeness (QED) is 0.231. The lowest BCUT2D eigenvalue weighted by Gasteiger charge is -2.22. The Morgan fingerprint density at radius 1 is 0.775 bits per heavy atom. The van der Waals surface area contributed by atoms with Gasteiger partial charge < -0.3 is 4.42 Å². The maximum absolute atomic E-state index is 9.50. The molecular weight excluding hydrogens is 490 g/mol. The third kappa shape index (κ3) is 3.03. The normalized spacial score (nSPS) is 13.6. The van der Waals surface area contributed by atoms with E-state index in [-0.39, 0.29) is 5.41 Å². The molecule has 7 aromatic rings. The predicted molar refractivity (Wildman–Crippen MR) is 161 cm³/mol. The van der Waals surface area contributed by atoms with Crippen molar-refractivity contribution in [1.82, 2.24) is 9.55 Å². The van der Waals surface area contributed by atoms with Gasteiger partial charge in [-0.05, 0) is 94.9 Å². The van der Waals surface area contributed by atoms with Crippen LogP contribution in [0.4, 0.5) is 0 Å². The zero-order valence-electron chi connectivity index (χ0n) is 22.5. The first-order chi connectivity index (χ1) is 19.4. The summed E-state index contributed by atoms with van der Waals surface area (Å²) >= 11 is 0. The molecule has 190 valence electrons. The van der Waals surface area contributed by atoms with Crippen LogP contribution in [0.1, 0.15) is 36.4 Å². The minimum Gasteiger partial charge on any atom is -0.456 e. The van der Waals surface area contributed by atoms with Gasteiger partial charge in [0.2, 0.25) is 0 Å².